The number of carbonyl (C=O) groups excluding carboxylic acids is 1. The van der Waals surface area contributed by atoms with Crippen molar-refractivity contribution in [2.75, 3.05) is 6.54 Å². The molecule has 6 heteroatoms. The monoisotopic (exact) mass is 342 g/mol. The summed E-state index contributed by atoms with van der Waals surface area (Å²) in [5, 5.41) is 8.97. The Morgan fingerprint density at radius 2 is 2.19 bits per heavy atom. The zero-order valence-corrected chi connectivity index (χ0v) is 14.2. The topological polar surface area (TPSA) is 32.7 Å². The molecule has 0 fully saturated rings. The fourth-order valence-electron chi connectivity index (χ4n) is 1.89. The third-order valence-corrected chi connectivity index (χ3v) is 4.42. The summed E-state index contributed by atoms with van der Waals surface area (Å²) < 4.78 is 0. The Morgan fingerprint density at radius 3 is 2.90 bits per heavy atom. The number of carbonyl (C=O) groups is 1. The number of nitrogens with zero attached hydrogens (tertiary/aromatic N) is 2. The van der Waals surface area contributed by atoms with Gasteiger partial charge in [0.2, 0.25) is 0 Å². The lowest BCUT2D eigenvalue weighted by atomic mass is 10.1. The summed E-state index contributed by atoms with van der Waals surface area (Å²) in [5.41, 5.74) is 0.414. The maximum atomic E-state index is 12.4. The predicted molar refractivity (Wildman–Crippen MR) is 91.2 cm³/mol. The van der Waals surface area contributed by atoms with Gasteiger partial charge in [-0.25, -0.2) is 0 Å². The van der Waals surface area contributed by atoms with E-state index in [1.165, 1.54) is 11.8 Å². The standard InChI is InChI=1S/C15H16Cl2N2OS/c1-3-4-7-19-15(21-10(2)18-19)9-14(20)12-8-11(16)5-6-13(12)17/h5-6,8-9H,3-4,7H2,1-2H3/b15-9-. The molecule has 0 bridgehead atoms. The van der Waals surface area contributed by atoms with E-state index in [0.29, 0.717) is 15.6 Å². The van der Waals surface area contributed by atoms with Crippen molar-refractivity contribution < 1.29 is 4.79 Å². The first-order valence-corrected chi connectivity index (χ1v) is 8.30. The van der Waals surface area contributed by atoms with E-state index < -0.39 is 0 Å². The van der Waals surface area contributed by atoms with Crippen LogP contribution in [0.5, 0.6) is 0 Å². The summed E-state index contributed by atoms with van der Waals surface area (Å²) in [6.07, 6.45) is 3.69. The third-order valence-electron chi connectivity index (χ3n) is 2.94. The summed E-state index contributed by atoms with van der Waals surface area (Å²) in [6.45, 7) is 4.87. The molecule has 112 valence electrons. The molecule has 0 aromatic heterocycles. The minimum absolute atomic E-state index is 0.156. The number of thioether (sulfide) groups is 1. The average molecular weight is 343 g/mol. The maximum Gasteiger partial charge on any atom is 0.190 e. The Bertz CT molecular complexity index is 614. The van der Waals surface area contributed by atoms with E-state index in [2.05, 4.69) is 12.0 Å². The van der Waals surface area contributed by atoms with Gasteiger partial charge in [0.25, 0.3) is 0 Å². The van der Waals surface area contributed by atoms with Crippen LogP contribution in [0.1, 0.15) is 37.0 Å². The molecule has 3 nitrogen and oxygen atoms in total. The molecule has 0 aliphatic carbocycles. The smallest absolute Gasteiger partial charge is 0.190 e. The van der Waals surface area contributed by atoms with E-state index in [1.807, 2.05) is 11.9 Å². The van der Waals surface area contributed by atoms with Gasteiger partial charge in [-0.3, -0.25) is 9.80 Å². The molecule has 0 unspecified atom stereocenters. The van der Waals surface area contributed by atoms with Crippen LogP contribution in [0.25, 0.3) is 0 Å². The molecule has 0 saturated heterocycles. The second-order valence-electron chi connectivity index (χ2n) is 4.67. The maximum absolute atomic E-state index is 12.4. The van der Waals surface area contributed by atoms with Crippen LogP contribution in [0.2, 0.25) is 10.0 Å². The normalized spacial score (nSPS) is 16.5. The number of halogens is 2. The van der Waals surface area contributed by atoms with Crippen molar-refractivity contribution in [2.45, 2.75) is 26.7 Å². The van der Waals surface area contributed by atoms with Crippen LogP contribution < -0.4 is 0 Å². The number of rotatable bonds is 5. The van der Waals surface area contributed by atoms with Gasteiger partial charge >= 0.3 is 0 Å². The fraction of sp³-hybridized carbons (Fsp3) is 0.333. The molecular weight excluding hydrogens is 327 g/mol. The molecule has 1 aliphatic rings. The highest BCUT2D eigenvalue weighted by Crippen LogP contribution is 2.31. The molecule has 0 spiro atoms. The van der Waals surface area contributed by atoms with Gasteiger partial charge in [-0.2, -0.15) is 5.10 Å². The van der Waals surface area contributed by atoms with Crippen molar-refractivity contribution in [3.8, 4) is 0 Å². The number of allylic oxidation sites excluding steroid dienone is 1. The van der Waals surface area contributed by atoms with Crippen molar-refractivity contribution in [3.05, 3.63) is 44.9 Å². The summed E-state index contributed by atoms with van der Waals surface area (Å²) in [7, 11) is 0. The van der Waals surface area contributed by atoms with Crippen LogP contribution in [-0.4, -0.2) is 22.4 Å². The van der Waals surface area contributed by atoms with Gasteiger partial charge in [0.15, 0.2) is 5.78 Å². The molecule has 0 N–H and O–H groups in total. The first-order chi connectivity index (χ1) is 10.0. The van der Waals surface area contributed by atoms with Gasteiger partial charge in [-0.1, -0.05) is 48.3 Å². The lowest BCUT2D eigenvalue weighted by Crippen LogP contribution is -2.14. The van der Waals surface area contributed by atoms with E-state index in [-0.39, 0.29) is 5.78 Å². The van der Waals surface area contributed by atoms with Gasteiger partial charge in [0, 0.05) is 23.2 Å². The van der Waals surface area contributed by atoms with E-state index in [4.69, 9.17) is 23.2 Å². The number of hydrazone groups is 1. The highest BCUT2D eigenvalue weighted by molar-refractivity contribution is 8.17. The number of ketones is 1. The molecule has 1 aliphatic heterocycles. The SMILES string of the molecule is CCCCN1N=C(C)S/C1=C\C(=O)c1cc(Cl)ccc1Cl. The number of benzene rings is 1. The Balaban J connectivity index is 2.21. The Morgan fingerprint density at radius 1 is 1.43 bits per heavy atom. The van der Waals surface area contributed by atoms with E-state index in [0.717, 1.165) is 29.5 Å². The Kier molecular flexibility index (Phi) is 5.73. The minimum Gasteiger partial charge on any atom is -0.289 e. The molecule has 0 atom stereocenters. The lowest BCUT2D eigenvalue weighted by molar-refractivity contribution is 0.104. The van der Waals surface area contributed by atoms with Crippen LogP contribution in [0, 0.1) is 0 Å². The molecule has 1 aromatic carbocycles. The zero-order chi connectivity index (χ0) is 15.4. The fourth-order valence-corrected chi connectivity index (χ4v) is 3.12. The lowest BCUT2D eigenvalue weighted by Gasteiger charge is -2.14. The van der Waals surface area contributed by atoms with E-state index >= 15 is 0 Å². The largest absolute Gasteiger partial charge is 0.289 e. The Labute approximate surface area is 139 Å². The van der Waals surface area contributed by atoms with Gasteiger partial charge in [-0.15, -0.1) is 0 Å². The van der Waals surface area contributed by atoms with E-state index in [1.54, 1.807) is 24.3 Å². The molecule has 21 heavy (non-hydrogen) atoms. The summed E-state index contributed by atoms with van der Waals surface area (Å²) in [4.78, 5) is 12.4. The molecular formula is C15H16Cl2N2OS. The van der Waals surface area contributed by atoms with Gasteiger partial charge in [0.1, 0.15) is 5.03 Å². The van der Waals surface area contributed by atoms with Crippen LogP contribution in [-0.2, 0) is 0 Å². The predicted octanol–water partition coefficient (Wildman–Crippen LogP) is 5.20. The highest BCUT2D eigenvalue weighted by Gasteiger charge is 2.20. The van der Waals surface area contributed by atoms with Crippen molar-refractivity contribution in [2.24, 2.45) is 5.10 Å². The van der Waals surface area contributed by atoms with E-state index in [9.17, 15) is 4.79 Å². The minimum atomic E-state index is -0.156. The van der Waals surface area contributed by atoms with Gasteiger partial charge in [-0.05, 0) is 31.5 Å². The molecule has 1 heterocycles. The van der Waals surface area contributed by atoms with Gasteiger partial charge in [0.05, 0.1) is 10.1 Å². The second kappa shape index (κ2) is 7.34. The van der Waals surface area contributed by atoms with Crippen molar-refractivity contribution in [3.63, 3.8) is 0 Å². The Hall–Kier alpha value is -0.970. The van der Waals surface area contributed by atoms with Crippen LogP contribution in [0.3, 0.4) is 0 Å². The van der Waals surface area contributed by atoms with Gasteiger partial charge < -0.3 is 0 Å². The molecule has 0 amide bonds. The van der Waals surface area contributed by atoms with Crippen LogP contribution in [0.4, 0.5) is 0 Å². The molecule has 1 aromatic rings. The number of hydrogen-bond donors (Lipinski definition) is 0. The second-order valence-corrected chi connectivity index (χ2v) is 6.73. The van der Waals surface area contributed by atoms with Crippen LogP contribution in [0.15, 0.2) is 34.4 Å². The van der Waals surface area contributed by atoms with Crippen molar-refractivity contribution in [1.82, 2.24) is 5.01 Å². The van der Waals surface area contributed by atoms with Crippen molar-refractivity contribution >= 4 is 45.8 Å². The first kappa shape index (κ1) is 16.4. The number of hydrogen-bond acceptors (Lipinski definition) is 4. The summed E-state index contributed by atoms with van der Waals surface area (Å²) in [6, 6.07) is 4.89. The molecule has 0 saturated carbocycles. The van der Waals surface area contributed by atoms with Crippen molar-refractivity contribution in [1.29, 1.82) is 0 Å². The summed E-state index contributed by atoms with van der Waals surface area (Å²) in [5.74, 6) is -0.156. The zero-order valence-electron chi connectivity index (χ0n) is 11.9. The molecule has 2 rings (SSSR count). The average Bonchev–Trinajstić information content (AvgIpc) is 2.79. The summed E-state index contributed by atoms with van der Waals surface area (Å²) >= 11 is 13.5. The first-order valence-electron chi connectivity index (χ1n) is 6.73. The third kappa shape index (κ3) is 4.25. The molecule has 0 radical (unpaired) electrons. The highest BCUT2D eigenvalue weighted by atomic mass is 35.5. The quantitative estimate of drug-likeness (QED) is 0.544. The van der Waals surface area contributed by atoms with Crippen LogP contribution >= 0.6 is 35.0 Å². The number of unbranched alkanes of at least 4 members (excludes halogenated alkanes) is 1.